The predicted molar refractivity (Wildman–Crippen MR) is 97.8 cm³/mol. The van der Waals surface area contributed by atoms with Crippen LogP contribution in [-0.4, -0.2) is 49.9 Å². The highest BCUT2D eigenvalue weighted by Gasteiger charge is 2.28. The summed E-state index contributed by atoms with van der Waals surface area (Å²) in [6.45, 7) is 5.36. The second-order valence-corrected chi connectivity index (χ2v) is 6.34. The molecule has 0 aliphatic rings. The molecule has 2 N–H and O–H groups in total. The molecule has 0 saturated carbocycles. The van der Waals surface area contributed by atoms with E-state index >= 15 is 0 Å². The Bertz CT molecular complexity index is 438. The van der Waals surface area contributed by atoms with Gasteiger partial charge in [0, 0.05) is 13.6 Å². The summed E-state index contributed by atoms with van der Waals surface area (Å²) in [5.41, 5.74) is 6.70. The summed E-state index contributed by atoms with van der Waals surface area (Å²) in [6.07, 6.45) is 0. The first-order valence-electron chi connectivity index (χ1n) is 6.95. The number of nitrogens with two attached hydrogens (primary N) is 1. The van der Waals surface area contributed by atoms with Gasteiger partial charge in [-0.3, -0.25) is 9.69 Å². The van der Waals surface area contributed by atoms with Crippen molar-refractivity contribution in [1.29, 1.82) is 0 Å². The quantitative estimate of drug-likeness (QED) is 0.858. The maximum atomic E-state index is 12.7. The zero-order valence-electron chi connectivity index (χ0n) is 14.1. The lowest BCUT2D eigenvalue weighted by molar-refractivity contribution is -0.136. The summed E-state index contributed by atoms with van der Waals surface area (Å²) in [7, 11) is 5.70. The number of nitrogens with zero attached hydrogens (tertiary/aromatic N) is 2. The Hall–Kier alpha value is -0.810. The van der Waals surface area contributed by atoms with Gasteiger partial charge in [0.2, 0.25) is 5.91 Å². The van der Waals surface area contributed by atoms with Crippen LogP contribution in [0.5, 0.6) is 0 Å². The largest absolute Gasteiger partial charge is 0.344 e. The normalized spacial score (nSPS) is 12.1. The molecule has 0 aromatic heterocycles. The molecule has 6 heteroatoms. The smallest absolute Gasteiger partial charge is 0.244 e. The first kappa shape index (κ1) is 23.5. The van der Waals surface area contributed by atoms with E-state index in [2.05, 4.69) is 13.8 Å². The summed E-state index contributed by atoms with van der Waals surface area (Å²) in [5.74, 6) is 0.0997. The minimum Gasteiger partial charge on any atom is -0.344 e. The third kappa shape index (κ3) is 6.53. The van der Waals surface area contributed by atoms with Crippen molar-refractivity contribution >= 4 is 30.7 Å². The molecule has 0 aliphatic heterocycles. The third-order valence-corrected chi connectivity index (χ3v) is 3.46. The van der Waals surface area contributed by atoms with Gasteiger partial charge < -0.3 is 10.6 Å². The summed E-state index contributed by atoms with van der Waals surface area (Å²) < 4.78 is 0. The second kappa shape index (κ2) is 10.1. The van der Waals surface area contributed by atoms with E-state index in [4.69, 9.17) is 5.73 Å². The molecule has 1 aromatic carbocycles. The van der Waals surface area contributed by atoms with Crippen molar-refractivity contribution in [3.8, 4) is 0 Å². The van der Waals surface area contributed by atoms with Crippen LogP contribution in [-0.2, 0) is 4.79 Å². The highest BCUT2D eigenvalue weighted by molar-refractivity contribution is 5.85. The van der Waals surface area contributed by atoms with E-state index in [1.807, 2.05) is 56.4 Å². The van der Waals surface area contributed by atoms with Gasteiger partial charge in [-0.05, 0) is 31.6 Å². The average molecular weight is 350 g/mol. The van der Waals surface area contributed by atoms with Crippen LogP contribution in [0.25, 0.3) is 0 Å². The molecular formula is C16H29Cl2N3O. The third-order valence-electron chi connectivity index (χ3n) is 3.46. The number of benzene rings is 1. The number of amides is 1. The Balaban J connectivity index is 0. The number of likely N-dealkylation sites (N-methyl/N-ethyl adjacent to an activating group) is 2. The molecule has 0 saturated heterocycles. The molecule has 0 aliphatic carbocycles. The topological polar surface area (TPSA) is 49.6 Å². The van der Waals surface area contributed by atoms with E-state index in [9.17, 15) is 4.79 Å². The Morgan fingerprint density at radius 3 is 2.05 bits per heavy atom. The summed E-state index contributed by atoms with van der Waals surface area (Å²) in [5, 5.41) is 0. The van der Waals surface area contributed by atoms with E-state index in [1.54, 1.807) is 4.90 Å². The minimum atomic E-state index is -0.255. The monoisotopic (exact) mass is 349 g/mol. The molecule has 4 nitrogen and oxygen atoms in total. The Kier molecular flexibility index (Phi) is 10.7. The average Bonchev–Trinajstić information content (AvgIpc) is 2.39. The summed E-state index contributed by atoms with van der Waals surface area (Å²) in [4.78, 5) is 16.5. The highest BCUT2D eigenvalue weighted by Crippen LogP contribution is 2.22. The van der Waals surface area contributed by atoms with Gasteiger partial charge in [0.25, 0.3) is 0 Å². The fourth-order valence-electron chi connectivity index (χ4n) is 2.29. The van der Waals surface area contributed by atoms with Gasteiger partial charge in [-0.25, -0.2) is 0 Å². The number of rotatable bonds is 6. The Morgan fingerprint density at radius 1 is 1.14 bits per heavy atom. The van der Waals surface area contributed by atoms with E-state index in [0.29, 0.717) is 13.1 Å². The Labute approximate surface area is 146 Å². The van der Waals surface area contributed by atoms with Gasteiger partial charge in [0.1, 0.15) is 6.04 Å². The van der Waals surface area contributed by atoms with E-state index in [0.717, 1.165) is 5.56 Å². The molecule has 0 spiro atoms. The van der Waals surface area contributed by atoms with E-state index in [-0.39, 0.29) is 42.2 Å². The van der Waals surface area contributed by atoms with Gasteiger partial charge >= 0.3 is 0 Å². The van der Waals surface area contributed by atoms with Crippen LogP contribution in [0, 0.1) is 5.41 Å². The van der Waals surface area contributed by atoms with Crippen molar-refractivity contribution in [2.45, 2.75) is 19.9 Å². The molecule has 0 fully saturated rings. The first-order valence-corrected chi connectivity index (χ1v) is 6.95. The predicted octanol–water partition coefficient (Wildman–Crippen LogP) is 2.58. The lowest BCUT2D eigenvalue weighted by Gasteiger charge is -2.33. The molecule has 0 heterocycles. The standard InChI is InChI=1S/C16H27N3O.2ClH/c1-16(2,11-17)12-19(5)15(20)14(18(3)4)13-9-7-6-8-10-13;;/h6-10,14H,11-12,17H2,1-5H3;2*1H. The lowest BCUT2D eigenvalue weighted by Crippen LogP contribution is -2.44. The van der Waals surface area contributed by atoms with Crippen LogP contribution in [0.3, 0.4) is 0 Å². The number of halogens is 2. The molecule has 22 heavy (non-hydrogen) atoms. The molecule has 0 radical (unpaired) electrons. The van der Waals surface area contributed by atoms with Crippen LogP contribution >= 0.6 is 24.8 Å². The zero-order valence-corrected chi connectivity index (χ0v) is 15.7. The minimum absolute atomic E-state index is 0. The molecule has 1 unspecified atom stereocenters. The van der Waals surface area contributed by atoms with E-state index in [1.165, 1.54) is 0 Å². The van der Waals surface area contributed by atoms with E-state index < -0.39 is 0 Å². The fourth-order valence-corrected chi connectivity index (χ4v) is 2.29. The van der Waals surface area contributed by atoms with Crippen molar-refractivity contribution in [1.82, 2.24) is 9.80 Å². The number of carbonyl (C=O) groups is 1. The maximum absolute atomic E-state index is 12.7. The molecule has 1 atom stereocenters. The molecule has 0 bridgehead atoms. The van der Waals surface area contributed by atoms with Crippen LogP contribution in [0.1, 0.15) is 25.5 Å². The van der Waals surface area contributed by atoms with Gasteiger partial charge in [-0.15, -0.1) is 24.8 Å². The fraction of sp³-hybridized carbons (Fsp3) is 0.562. The van der Waals surface area contributed by atoms with Crippen molar-refractivity contribution in [2.75, 3.05) is 34.2 Å². The van der Waals surface area contributed by atoms with Crippen molar-refractivity contribution in [3.63, 3.8) is 0 Å². The van der Waals surface area contributed by atoms with Gasteiger partial charge in [-0.1, -0.05) is 44.2 Å². The molecule has 1 aromatic rings. The van der Waals surface area contributed by atoms with Crippen molar-refractivity contribution < 1.29 is 4.79 Å². The number of hydrogen-bond donors (Lipinski definition) is 1. The zero-order chi connectivity index (χ0) is 15.3. The summed E-state index contributed by atoms with van der Waals surface area (Å²) in [6, 6.07) is 9.61. The number of carbonyl (C=O) groups excluding carboxylic acids is 1. The van der Waals surface area contributed by atoms with Crippen LogP contribution < -0.4 is 5.73 Å². The van der Waals surface area contributed by atoms with Crippen LogP contribution in [0.2, 0.25) is 0 Å². The molecule has 1 rings (SSSR count). The molecular weight excluding hydrogens is 321 g/mol. The summed E-state index contributed by atoms with van der Waals surface area (Å²) >= 11 is 0. The van der Waals surface area contributed by atoms with Crippen LogP contribution in [0.15, 0.2) is 30.3 Å². The molecule has 128 valence electrons. The second-order valence-electron chi connectivity index (χ2n) is 6.34. The van der Waals surface area contributed by atoms with Crippen LogP contribution in [0.4, 0.5) is 0 Å². The SMILES string of the molecule is CN(CC(C)(C)CN)C(=O)C(c1ccccc1)N(C)C.Cl.Cl. The first-order chi connectivity index (χ1) is 9.28. The van der Waals surface area contributed by atoms with Gasteiger partial charge in [0.15, 0.2) is 0 Å². The molecule has 1 amide bonds. The van der Waals surface area contributed by atoms with Crippen molar-refractivity contribution in [3.05, 3.63) is 35.9 Å². The number of hydrogen-bond acceptors (Lipinski definition) is 3. The van der Waals surface area contributed by atoms with Gasteiger partial charge in [0.05, 0.1) is 0 Å². The maximum Gasteiger partial charge on any atom is 0.244 e. The Morgan fingerprint density at radius 2 is 1.64 bits per heavy atom. The lowest BCUT2D eigenvalue weighted by atomic mass is 9.92. The highest BCUT2D eigenvalue weighted by atomic mass is 35.5. The van der Waals surface area contributed by atoms with Gasteiger partial charge in [-0.2, -0.15) is 0 Å². The van der Waals surface area contributed by atoms with Crippen molar-refractivity contribution in [2.24, 2.45) is 11.1 Å².